The zero-order chi connectivity index (χ0) is 15.7. The van der Waals surface area contributed by atoms with Crippen LogP contribution in [0, 0.1) is 12.7 Å². The molecule has 0 spiro atoms. The van der Waals surface area contributed by atoms with Gasteiger partial charge in [-0.3, -0.25) is 0 Å². The summed E-state index contributed by atoms with van der Waals surface area (Å²) < 4.78 is 44.8. The van der Waals surface area contributed by atoms with Crippen molar-refractivity contribution in [1.82, 2.24) is 14.4 Å². The highest BCUT2D eigenvalue weighted by molar-refractivity contribution is 7.88. The second-order valence-electron chi connectivity index (χ2n) is 5.31. The van der Waals surface area contributed by atoms with Crippen LogP contribution in [0.4, 0.5) is 4.39 Å². The third-order valence-corrected chi connectivity index (χ3v) is 5.45. The molecule has 1 aliphatic heterocycles. The minimum absolute atomic E-state index is 0.141. The predicted octanol–water partition coefficient (Wildman–Crippen LogP) is 2.18. The number of benzene rings is 1. The molecule has 2 heterocycles. The minimum atomic E-state index is -3.58. The van der Waals surface area contributed by atoms with Gasteiger partial charge in [0.1, 0.15) is 11.6 Å². The number of aromatic nitrogens is 2. The number of hydrogen-bond acceptors (Lipinski definition) is 5. The molecule has 0 radical (unpaired) electrons. The van der Waals surface area contributed by atoms with Crippen molar-refractivity contribution in [3.63, 3.8) is 0 Å². The third kappa shape index (κ3) is 3.02. The summed E-state index contributed by atoms with van der Waals surface area (Å²) in [5.74, 6) is -0.206. The number of rotatable bonds is 4. The van der Waals surface area contributed by atoms with E-state index < -0.39 is 10.0 Å². The zero-order valence-electron chi connectivity index (χ0n) is 12.1. The molecule has 0 bridgehead atoms. The Morgan fingerprint density at radius 2 is 2.27 bits per heavy atom. The summed E-state index contributed by atoms with van der Waals surface area (Å²) in [5, 5.41) is 3.63. The van der Waals surface area contributed by atoms with Crippen molar-refractivity contribution in [2.75, 3.05) is 6.54 Å². The fourth-order valence-electron chi connectivity index (χ4n) is 2.77. The van der Waals surface area contributed by atoms with E-state index in [4.69, 9.17) is 4.52 Å². The topological polar surface area (TPSA) is 76.3 Å². The zero-order valence-corrected chi connectivity index (χ0v) is 12.9. The van der Waals surface area contributed by atoms with Crippen molar-refractivity contribution in [3.8, 4) is 0 Å². The van der Waals surface area contributed by atoms with Crippen LogP contribution in [-0.2, 0) is 15.8 Å². The number of nitrogens with zero attached hydrogens (tertiary/aromatic N) is 3. The second kappa shape index (κ2) is 5.77. The molecule has 1 aromatic carbocycles. The van der Waals surface area contributed by atoms with Gasteiger partial charge in [-0.15, -0.1) is 0 Å². The molecule has 118 valence electrons. The Morgan fingerprint density at radius 3 is 2.95 bits per heavy atom. The molecule has 0 aliphatic carbocycles. The Labute approximate surface area is 128 Å². The van der Waals surface area contributed by atoms with Crippen LogP contribution in [0.2, 0.25) is 0 Å². The maximum absolute atomic E-state index is 13.4. The van der Waals surface area contributed by atoms with Gasteiger partial charge >= 0.3 is 0 Å². The standard InChI is InChI=1S/C14H16FN3O3S/c1-10-16-14(17-21-10)9-22(19,20)18-7-3-6-13(18)11-4-2-5-12(15)8-11/h2,4-5,8,13H,3,6-7,9H2,1H3. The van der Waals surface area contributed by atoms with Crippen molar-refractivity contribution in [2.24, 2.45) is 0 Å². The van der Waals surface area contributed by atoms with Gasteiger partial charge in [0.15, 0.2) is 5.82 Å². The number of hydrogen-bond donors (Lipinski definition) is 0. The van der Waals surface area contributed by atoms with Gasteiger partial charge in [-0.25, -0.2) is 12.8 Å². The van der Waals surface area contributed by atoms with E-state index in [0.717, 1.165) is 6.42 Å². The molecule has 1 fully saturated rings. The third-order valence-electron chi connectivity index (χ3n) is 3.68. The molecule has 1 unspecified atom stereocenters. The van der Waals surface area contributed by atoms with Crippen LogP contribution in [0.15, 0.2) is 28.8 Å². The fraction of sp³-hybridized carbons (Fsp3) is 0.429. The van der Waals surface area contributed by atoms with Crippen molar-refractivity contribution in [3.05, 3.63) is 47.4 Å². The van der Waals surface area contributed by atoms with Crippen LogP contribution in [0.3, 0.4) is 0 Å². The van der Waals surface area contributed by atoms with Crippen LogP contribution in [-0.4, -0.2) is 29.4 Å². The second-order valence-corrected chi connectivity index (χ2v) is 7.23. The summed E-state index contributed by atoms with van der Waals surface area (Å²) in [7, 11) is -3.58. The molecule has 1 atom stereocenters. The highest BCUT2D eigenvalue weighted by Gasteiger charge is 2.36. The molecule has 22 heavy (non-hydrogen) atoms. The van der Waals surface area contributed by atoms with E-state index in [1.54, 1.807) is 19.1 Å². The van der Waals surface area contributed by atoms with E-state index in [1.807, 2.05) is 0 Å². The lowest BCUT2D eigenvalue weighted by atomic mass is 10.1. The summed E-state index contributed by atoms with van der Waals surface area (Å²) in [6, 6.07) is 5.74. The summed E-state index contributed by atoms with van der Waals surface area (Å²) in [5.41, 5.74) is 0.672. The van der Waals surface area contributed by atoms with Crippen LogP contribution in [0.25, 0.3) is 0 Å². The Hall–Kier alpha value is -1.80. The number of aryl methyl sites for hydroxylation is 1. The number of halogens is 1. The first-order valence-electron chi connectivity index (χ1n) is 7.00. The Kier molecular flexibility index (Phi) is 3.96. The van der Waals surface area contributed by atoms with E-state index in [-0.39, 0.29) is 23.4 Å². The first-order valence-corrected chi connectivity index (χ1v) is 8.61. The van der Waals surface area contributed by atoms with Gasteiger partial charge in [-0.05, 0) is 30.5 Å². The van der Waals surface area contributed by atoms with Gasteiger partial charge in [0, 0.05) is 19.5 Å². The van der Waals surface area contributed by atoms with Crippen molar-refractivity contribution < 1.29 is 17.3 Å². The van der Waals surface area contributed by atoms with Gasteiger partial charge in [0.05, 0.1) is 0 Å². The maximum atomic E-state index is 13.4. The smallest absolute Gasteiger partial charge is 0.223 e. The Balaban J connectivity index is 1.85. The lowest BCUT2D eigenvalue weighted by molar-refractivity contribution is 0.382. The van der Waals surface area contributed by atoms with E-state index in [1.165, 1.54) is 16.4 Å². The largest absolute Gasteiger partial charge is 0.340 e. The van der Waals surface area contributed by atoms with Crippen molar-refractivity contribution >= 4 is 10.0 Å². The quantitative estimate of drug-likeness (QED) is 0.861. The molecule has 1 saturated heterocycles. The van der Waals surface area contributed by atoms with E-state index in [0.29, 0.717) is 24.4 Å². The lowest BCUT2D eigenvalue weighted by Crippen LogP contribution is -2.32. The molecular formula is C14H16FN3O3S. The van der Waals surface area contributed by atoms with Gasteiger partial charge in [-0.2, -0.15) is 9.29 Å². The number of sulfonamides is 1. The van der Waals surface area contributed by atoms with E-state index >= 15 is 0 Å². The summed E-state index contributed by atoms with van der Waals surface area (Å²) in [6.07, 6.45) is 1.42. The average Bonchev–Trinajstić information content (AvgIpc) is 3.08. The van der Waals surface area contributed by atoms with E-state index in [9.17, 15) is 12.8 Å². The van der Waals surface area contributed by atoms with Crippen LogP contribution in [0.1, 0.15) is 36.2 Å². The van der Waals surface area contributed by atoms with Gasteiger partial charge < -0.3 is 4.52 Å². The van der Waals surface area contributed by atoms with Crippen LogP contribution in [0.5, 0.6) is 0 Å². The maximum Gasteiger partial charge on any atom is 0.223 e. The Morgan fingerprint density at radius 1 is 1.45 bits per heavy atom. The summed E-state index contributed by atoms with van der Waals surface area (Å²) in [4.78, 5) is 3.94. The highest BCUT2D eigenvalue weighted by Crippen LogP contribution is 2.35. The Bertz CT molecular complexity index is 775. The molecule has 0 saturated carbocycles. The molecule has 2 aromatic rings. The molecule has 1 aliphatic rings. The van der Waals surface area contributed by atoms with Crippen LogP contribution >= 0.6 is 0 Å². The van der Waals surface area contributed by atoms with Gasteiger partial charge in [0.2, 0.25) is 15.9 Å². The molecule has 8 heteroatoms. The van der Waals surface area contributed by atoms with Crippen molar-refractivity contribution in [1.29, 1.82) is 0 Å². The van der Waals surface area contributed by atoms with Crippen molar-refractivity contribution in [2.45, 2.75) is 31.6 Å². The average molecular weight is 325 g/mol. The monoisotopic (exact) mass is 325 g/mol. The van der Waals surface area contributed by atoms with E-state index in [2.05, 4.69) is 10.1 Å². The minimum Gasteiger partial charge on any atom is -0.340 e. The molecule has 6 nitrogen and oxygen atoms in total. The first-order chi connectivity index (χ1) is 10.5. The molecule has 1 aromatic heterocycles. The molecule has 3 rings (SSSR count). The SMILES string of the molecule is Cc1nc(CS(=O)(=O)N2CCCC2c2cccc(F)c2)no1. The lowest BCUT2D eigenvalue weighted by Gasteiger charge is -2.23. The molecule has 0 N–H and O–H groups in total. The summed E-state index contributed by atoms with van der Waals surface area (Å²) in [6.45, 7) is 2.02. The van der Waals surface area contributed by atoms with Gasteiger partial charge in [-0.1, -0.05) is 17.3 Å². The summed E-state index contributed by atoms with van der Waals surface area (Å²) >= 11 is 0. The van der Waals surface area contributed by atoms with Crippen LogP contribution < -0.4 is 0 Å². The van der Waals surface area contributed by atoms with Gasteiger partial charge in [0.25, 0.3) is 0 Å². The molecular weight excluding hydrogens is 309 g/mol. The first kappa shape index (κ1) is 15.1. The molecule has 0 amide bonds. The highest BCUT2D eigenvalue weighted by atomic mass is 32.2. The fourth-order valence-corrected chi connectivity index (χ4v) is 4.40. The predicted molar refractivity (Wildman–Crippen MR) is 76.7 cm³/mol. The normalized spacial score (nSPS) is 19.6.